The number of benzene rings is 1. The third-order valence-corrected chi connectivity index (χ3v) is 5.46. The lowest BCUT2D eigenvalue weighted by Crippen LogP contribution is -2.52. The Morgan fingerprint density at radius 3 is 2.44 bits per heavy atom. The number of nitrogens with zero attached hydrogens (tertiary/aromatic N) is 3. The summed E-state index contributed by atoms with van der Waals surface area (Å²) >= 11 is 0. The average molecular weight is 346 g/mol. The number of carbonyl (C=O) groups is 1. The first-order valence-corrected chi connectivity index (χ1v) is 9.32. The molecule has 3 rings (SSSR count). The first kappa shape index (κ1) is 18.2. The van der Waals surface area contributed by atoms with Crippen LogP contribution in [0.1, 0.15) is 19.3 Å². The lowest BCUT2D eigenvalue weighted by Gasteiger charge is -2.40. The number of hydrogen-bond acceptors (Lipinski definition) is 5. The van der Waals surface area contributed by atoms with Crippen molar-refractivity contribution in [2.24, 2.45) is 5.73 Å². The monoisotopic (exact) mass is 346 g/mol. The van der Waals surface area contributed by atoms with Crippen molar-refractivity contribution in [2.45, 2.75) is 24.9 Å². The van der Waals surface area contributed by atoms with Crippen LogP contribution in [0.25, 0.3) is 0 Å². The van der Waals surface area contributed by atoms with Gasteiger partial charge in [0.25, 0.3) is 0 Å². The quantitative estimate of drug-likeness (QED) is 0.831. The van der Waals surface area contributed by atoms with E-state index in [1.54, 1.807) is 4.90 Å². The maximum atomic E-state index is 11.8. The van der Waals surface area contributed by atoms with Crippen molar-refractivity contribution in [3.8, 4) is 0 Å². The SMILES string of the molecule is NCC(=O)N1CCC[C@@](O)(CN2CCN(c3ccccc3)CC2)CC1. The molecule has 2 heterocycles. The van der Waals surface area contributed by atoms with Gasteiger partial charge >= 0.3 is 0 Å². The Balaban J connectivity index is 1.50. The Morgan fingerprint density at radius 2 is 1.76 bits per heavy atom. The summed E-state index contributed by atoms with van der Waals surface area (Å²) in [5.41, 5.74) is 6.04. The van der Waals surface area contributed by atoms with Gasteiger partial charge in [0.2, 0.25) is 5.91 Å². The molecule has 1 atom stereocenters. The van der Waals surface area contributed by atoms with Gasteiger partial charge in [-0.2, -0.15) is 0 Å². The van der Waals surface area contributed by atoms with Crippen LogP contribution in [0.5, 0.6) is 0 Å². The fourth-order valence-corrected chi connectivity index (χ4v) is 3.93. The van der Waals surface area contributed by atoms with E-state index in [0.29, 0.717) is 26.1 Å². The van der Waals surface area contributed by atoms with E-state index in [9.17, 15) is 9.90 Å². The van der Waals surface area contributed by atoms with Crippen LogP contribution in [-0.2, 0) is 4.79 Å². The number of rotatable bonds is 4. The minimum absolute atomic E-state index is 0.0132. The summed E-state index contributed by atoms with van der Waals surface area (Å²) in [6, 6.07) is 10.5. The molecular weight excluding hydrogens is 316 g/mol. The van der Waals surface area contributed by atoms with E-state index in [1.807, 2.05) is 6.07 Å². The van der Waals surface area contributed by atoms with E-state index in [-0.39, 0.29) is 12.5 Å². The van der Waals surface area contributed by atoms with Crippen molar-refractivity contribution in [1.82, 2.24) is 9.80 Å². The second kappa shape index (κ2) is 8.17. The summed E-state index contributed by atoms with van der Waals surface area (Å²) < 4.78 is 0. The molecule has 2 saturated heterocycles. The molecule has 1 amide bonds. The van der Waals surface area contributed by atoms with Crippen molar-refractivity contribution >= 4 is 11.6 Å². The first-order valence-electron chi connectivity index (χ1n) is 9.32. The number of piperazine rings is 1. The van der Waals surface area contributed by atoms with Crippen molar-refractivity contribution < 1.29 is 9.90 Å². The van der Waals surface area contributed by atoms with Crippen molar-refractivity contribution in [3.05, 3.63) is 30.3 Å². The predicted octanol–water partition coefficient (Wildman–Crippen LogP) is 0.511. The lowest BCUT2D eigenvalue weighted by molar-refractivity contribution is -0.129. The van der Waals surface area contributed by atoms with Gasteiger partial charge < -0.3 is 20.6 Å². The largest absolute Gasteiger partial charge is 0.388 e. The van der Waals surface area contributed by atoms with Crippen molar-refractivity contribution in [1.29, 1.82) is 0 Å². The number of anilines is 1. The third kappa shape index (κ3) is 4.71. The van der Waals surface area contributed by atoms with E-state index in [0.717, 1.165) is 39.0 Å². The van der Waals surface area contributed by atoms with Gasteiger partial charge in [-0.3, -0.25) is 9.69 Å². The topological polar surface area (TPSA) is 73.0 Å². The standard InChI is InChI=1S/C19H30N4O2/c20-15-18(24)23-9-4-7-19(25,8-10-23)16-21-11-13-22(14-12-21)17-5-2-1-3-6-17/h1-3,5-6,25H,4,7-16,20H2/t19-/m0/s1. The van der Waals surface area contributed by atoms with E-state index in [1.165, 1.54) is 5.69 Å². The lowest BCUT2D eigenvalue weighted by atomic mass is 9.94. The Hall–Kier alpha value is -1.63. The molecule has 0 unspecified atom stereocenters. The molecule has 3 N–H and O–H groups in total. The zero-order chi connectivity index (χ0) is 17.7. The zero-order valence-electron chi connectivity index (χ0n) is 14.9. The summed E-state index contributed by atoms with van der Waals surface area (Å²) in [6.45, 7) is 5.96. The number of nitrogens with two attached hydrogens (primary N) is 1. The Bertz CT molecular complexity index is 560. The average Bonchev–Trinajstić information content (AvgIpc) is 2.84. The molecule has 2 aliphatic heterocycles. The van der Waals surface area contributed by atoms with Crippen LogP contribution < -0.4 is 10.6 Å². The summed E-state index contributed by atoms with van der Waals surface area (Å²) in [7, 11) is 0. The van der Waals surface area contributed by atoms with Gasteiger partial charge in [0.05, 0.1) is 12.1 Å². The predicted molar refractivity (Wildman–Crippen MR) is 99.5 cm³/mol. The van der Waals surface area contributed by atoms with Gasteiger partial charge in [-0.05, 0) is 31.4 Å². The number of carbonyl (C=O) groups excluding carboxylic acids is 1. The second-order valence-electron chi connectivity index (χ2n) is 7.26. The first-order chi connectivity index (χ1) is 12.1. The van der Waals surface area contributed by atoms with Crippen molar-refractivity contribution in [3.63, 3.8) is 0 Å². The molecule has 1 aromatic carbocycles. The molecular formula is C19H30N4O2. The highest BCUT2D eigenvalue weighted by Crippen LogP contribution is 2.25. The van der Waals surface area contributed by atoms with Gasteiger partial charge in [0.15, 0.2) is 0 Å². The van der Waals surface area contributed by atoms with Crippen LogP contribution in [-0.4, -0.2) is 78.8 Å². The molecule has 0 spiro atoms. The molecule has 0 bridgehead atoms. The van der Waals surface area contributed by atoms with Crippen LogP contribution >= 0.6 is 0 Å². The third-order valence-electron chi connectivity index (χ3n) is 5.46. The summed E-state index contributed by atoms with van der Waals surface area (Å²) in [6.07, 6.45) is 2.23. The molecule has 0 saturated carbocycles. The second-order valence-corrected chi connectivity index (χ2v) is 7.26. The highest BCUT2D eigenvalue weighted by Gasteiger charge is 2.34. The highest BCUT2D eigenvalue weighted by atomic mass is 16.3. The molecule has 0 aromatic heterocycles. The van der Waals surface area contributed by atoms with Gasteiger partial charge in [0.1, 0.15) is 0 Å². The van der Waals surface area contributed by atoms with Gasteiger partial charge in [0, 0.05) is 51.5 Å². The molecule has 1 aromatic rings. The molecule has 0 radical (unpaired) electrons. The fourth-order valence-electron chi connectivity index (χ4n) is 3.93. The van der Waals surface area contributed by atoms with Gasteiger partial charge in [-0.25, -0.2) is 0 Å². The van der Waals surface area contributed by atoms with Crippen LogP contribution in [0.2, 0.25) is 0 Å². The number of likely N-dealkylation sites (tertiary alicyclic amines) is 1. The number of hydrogen-bond donors (Lipinski definition) is 2. The van der Waals surface area contributed by atoms with Gasteiger partial charge in [-0.15, -0.1) is 0 Å². The normalized spacial score (nSPS) is 25.7. The van der Waals surface area contributed by atoms with E-state index >= 15 is 0 Å². The van der Waals surface area contributed by atoms with Crippen LogP contribution in [0.4, 0.5) is 5.69 Å². The number of para-hydroxylation sites is 1. The summed E-state index contributed by atoms with van der Waals surface area (Å²) in [5, 5.41) is 11.0. The molecule has 2 aliphatic rings. The summed E-state index contributed by atoms with van der Waals surface area (Å²) in [5.74, 6) is -0.0132. The maximum absolute atomic E-state index is 11.8. The highest BCUT2D eigenvalue weighted by molar-refractivity contribution is 5.78. The molecule has 6 heteroatoms. The molecule has 2 fully saturated rings. The Morgan fingerprint density at radius 1 is 1.04 bits per heavy atom. The minimum Gasteiger partial charge on any atom is -0.388 e. The van der Waals surface area contributed by atoms with Crippen molar-refractivity contribution in [2.75, 3.05) is 57.3 Å². The smallest absolute Gasteiger partial charge is 0.236 e. The number of amides is 1. The fraction of sp³-hybridized carbons (Fsp3) is 0.632. The molecule has 6 nitrogen and oxygen atoms in total. The Labute approximate surface area is 150 Å². The van der Waals surface area contributed by atoms with Crippen LogP contribution in [0, 0.1) is 0 Å². The summed E-state index contributed by atoms with van der Waals surface area (Å²) in [4.78, 5) is 18.4. The maximum Gasteiger partial charge on any atom is 0.236 e. The van der Waals surface area contributed by atoms with E-state index in [2.05, 4.69) is 34.1 Å². The molecule has 25 heavy (non-hydrogen) atoms. The molecule has 138 valence electrons. The Kier molecular flexibility index (Phi) is 5.93. The number of β-amino-alcohol motifs (C(OH)–C–C–N with tert-alkyl or cyclic N) is 1. The van der Waals surface area contributed by atoms with Gasteiger partial charge in [-0.1, -0.05) is 18.2 Å². The van der Waals surface area contributed by atoms with Crippen LogP contribution in [0.3, 0.4) is 0 Å². The van der Waals surface area contributed by atoms with E-state index in [4.69, 9.17) is 5.73 Å². The molecule has 0 aliphatic carbocycles. The van der Waals surface area contributed by atoms with E-state index < -0.39 is 5.60 Å². The van der Waals surface area contributed by atoms with Crippen LogP contribution in [0.15, 0.2) is 30.3 Å². The minimum atomic E-state index is -0.696. The number of aliphatic hydroxyl groups is 1. The zero-order valence-corrected chi connectivity index (χ0v) is 14.9.